The van der Waals surface area contributed by atoms with Crippen molar-refractivity contribution in [1.82, 2.24) is 0 Å². The van der Waals surface area contributed by atoms with Crippen LogP contribution in [0.5, 0.6) is 17.2 Å². The minimum absolute atomic E-state index is 0.124. The van der Waals surface area contributed by atoms with Gasteiger partial charge in [-0.2, -0.15) is 8.78 Å². The molecule has 2 aromatic carbocycles. The Morgan fingerprint density at radius 2 is 1.79 bits per heavy atom. The number of thiocarbonyl (C=S) groups is 1. The number of benzene rings is 2. The molecule has 0 aromatic heterocycles. The molecular formula is C19H15F2NO4S2. The average Bonchev–Trinajstić information content (AvgIpc) is 2.95. The second kappa shape index (κ2) is 8.57. The number of para-hydroxylation sites is 2. The van der Waals surface area contributed by atoms with E-state index >= 15 is 0 Å². The number of alkyl halides is 2. The first-order chi connectivity index (χ1) is 13.4. The summed E-state index contributed by atoms with van der Waals surface area (Å²) >= 11 is 6.37. The van der Waals surface area contributed by atoms with Crippen LogP contribution in [0, 0.1) is 0 Å². The molecule has 146 valence electrons. The van der Waals surface area contributed by atoms with Gasteiger partial charge in [0.05, 0.1) is 24.8 Å². The molecule has 1 aliphatic rings. The molecule has 1 fully saturated rings. The summed E-state index contributed by atoms with van der Waals surface area (Å²) in [6.07, 6.45) is 1.65. The van der Waals surface area contributed by atoms with E-state index < -0.39 is 12.5 Å². The van der Waals surface area contributed by atoms with Gasteiger partial charge >= 0.3 is 6.61 Å². The average molecular weight is 423 g/mol. The maximum atomic E-state index is 12.9. The van der Waals surface area contributed by atoms with Crippen LogP contribution in [-0.2, 0) is 4.79 Å². The van der Waals surface area contributed by atoms with Gasteiger partial charge in [-0.1, -0.05) is 42.2 Å². The predicted octanol–water partition coefficient (Wildman–Crippen LogP) is 4.71. The van der Waals surface area contributed by atoms with Crippen LogP contribution < -0.4 is 19.1 Å². The van der Waals surface area contributed by atoms with Crippen LogP contribution in [0.15, 0.2) is 47.4 Å². The fourth-order valence-electron chi connectivity index (χ4n) is 2.61. The van der Waals surface area contributed by atoms with Crippen molar-refractivity contribution in [2.45, 2.75) is 6.61 Å². The molecule has 1 aliphatic heterocycles. The van der Waals surface area contributed by atoms with Crippen LogP contribution in [-0.4, -0.2) is 31.1 Å². The third-order valence-electron chi connectivity index (χ3n) is 3.82. The van der Waals surface area contributed by atoms with Crippen molar-refractivity contribution in [2.75, 3.05) is 19.1 Å². The molecule has 3 rings (SSSR count). The molecule has 0 atom stereocenters. The second-order valence-corrected chi connectivity index (χ2v) is 7.15. The SMILES string of the molecule is COc1ccc(C=C2SC(=S)N(c3ccccc3OC(F)F)C2=O)cc1OC. The van der Waals surface area contributed by atoms with Gasteiger partial charge in [-0.15, -0.1) is 0 Å². The van der Waals surface area contributed by atoms with Crippen LogP contribution in [0.25, 0.3) is 6.08 Å². The van der Waals surface area contributed by atoms with Crippen molar-refractivity contribution in [3.8, 4) is 17.2 Å². The summed E-state index contributed by atoms with van der Waals surface area (Å²) in [7, 11) is 3.04. The number of methoxy groups -OCH3 is 2. The van der Waals surface area contributed by atoms with Crippen LogP contribution in [0.2, 0.25) is 0 Å². The van der Waals surface area contributed by atoms with Crippen molar-refractivity contribution in [2.24, 2.45) is 0 Å². The lowest BCUT2D eigenvalue weighted by atomic mass is 10.2. The quantitative estimate of drug-likeness (QED) is 0.495. The first-order valence-corrected chi connectivity index (χ1v) is 9.21. The Morgan fingerprint density at radius 3 is 2.46 bits per heavy atom. The van der Waals surface area contributed by atoms with E-state index in [2.05, 4.69) is 4.74 Å². The van der Waals surface area contributed by atoms with Crippen molar-refractivity contribution in [1.29, 1.82) is 0 Å². The highest BCUT2D eigenvalue weighted by Gasteiger charge is 2.35. The van der Waals surface area contributed by atoms with Crippen LogP contribution in [0.1, 0.15) is 5.56 Å². The van der Waals surface area contributed by atoms with Gasteiger partial charge < -0.3 is 14.2 Å². The number of hydrogen-bond donors (Lipinski definition) is 0. The molecule has 28 heavy (non-hydrogen) atoms. The predicted molar refractivity (Wildman–Crippen MR) is 108 cm³/mol. The van der Waals surface area contributed by atoms with Crippen LogP contribution >= 0.6 is 24.0 Å². The van der Waals surface area contributed by atoms with Gasteiger partial charge in [-0.3, -0.25) is 9.69 Å². The normalized spacial score (nSPS) is 15.5. The fourth-order valence-corrected chi connectivity index (χ4v) is 3.89. The molecule has 0 aliphatic carbocycles. The lowest BCUT2D eigenvalue weighted by Crippen LogP contribution is -2.28. The van der Waals surface area contributed by atoms with Crippen molar-refractivity contribution in [3.05, 3.63) is 52.9 Å². The molecule has 0 bridgehead atoms. The zero-order valence-corrected chi connectivity index (χ0v) is 16.5. The Balaban J connectivity index is 1.94. The smallest absolute Gasteiger partial charge is 0.387 e. The first-order valence-electron chi connectivity index (χ1n) is 7.98. The molecule has 5 nitrogen and oxygen atoms in total. The lowest BCUT2D eigenvalue weighted by molar-refractivity contribution is -0.113. The van der Waals surface area contributed by atoms with Gasteiger partial charge in [-0.25, -0.2) is 0 Å². The molecule has 9 heteroatoms. The standard InChI is InChI=1S/C19H15F2NO4S2/c1-24-14-8-7-11(9-15(14)25-2)10-16-17(23)22(19(27)28-16)12-5-3-4-6-13(12)26-18(20)21/h3-10,18H,1-2H3. The number of carbonyl (C=O) groups is 1. The summed E-state index contributed by atoms with van der Waals surface area (Å²) in [6, 6.07) is 11.2. The number of halogens is 2. The number of anilines is 1. The number of amides is 1. The summed E-state index contributed by atoms with van der Waals surface area (Å²) in [4.78, 5) is 14.4. The number of thioether (sulfide) groups is 1. The van der Waals surface area contributed by atoms with Gasteiger partial charge in [-0.05, 0) is 35.9 Å². The Kier molecular flexibility index (Phi) is 6.15. The second-order valence-electron chi connectivity index (χ2n) is 5.48. The van der Waals surface area contributed by atoms with E-state index in [1.54, 1.807) is 36.4 Å². The summed E-state index contributed by atoms with van der Waals surface area (Å²) < 4.78 is 40.6. The highest BCUT2D eigenvalue weighted by atomic mass is 32.2. The van der Waals surface area contributed by atoms with E-state index in [1.807, 2.05) is 0 Å². The van der Waals surface area contributed by atoms with E-state index in [1.165, 1.54) is 31.3 Å². The number of nitrogens with zero attached hydrogens (tertiary/aromatic N) is 1. The molecule has 1 heterocycles. The molecule has 1 saturated heterocycles. The number of ether oxygens (including phenoxy) is 3. The lowest BCUT2D eigenvalue weighted by Gasteiger charge is -2.18. The molecule has 0 N–H and O–H groups in total. The fraction of sp³-hybridized carbons (Fsp3) is 0.158. The molecule has 0 spiro atoms. The highest BCUT2D eigenvalue weighted by Crippen LogP contribution is 2.40. The number of rotatable bonds is 6. The van der Waals surface area contributed by atoms with Gasteiger partial charge in [0.25, 0.3) is 5.91 Å². The van der Waals surface area contributed by atoms with Crippen LogP contribution in [0.3, 0.4) is 0 Å². The minimum atomic E-state index is -3.01. The zero-order valence-electron chi connectivity index (χ0n) is 14.8. The molecule has 0 radical (unpaired) electrons. The molecule has 1 amide bonds. The Hall–Kier alpha value is -2.65. The van der Waals surface area contributed by atoms with Gasteiger partial charge in [0, 0.05) is 0 Å². The molecule has 0 unspecified atom stereocenters. The van der Waals surface area contributed by atoms with Crippen molar-refractivity contribution in [3.63, 3.8) is 0 Å². The number of carbonyl (C=O) groups excluding carboxylic acids is 1. The van der Waals surface area contributed by atoms with E-state index in [0.29, 0.717) is 22.0 Å². The van der Waals surface area contributed by atoms with E-state index in [0.717, 1.165) is 11.8 Å². The van der Waals surface area contributed by atoms with Gasteiger partial charge in [0.2, 0.25) is 0 Å². The van der Waals surface area contributed by atoms with Gasteiger partial charge in [0.1, 0.15) is 5.75 Å². The largest absolute Gasteiger partial charge is 0.493 e. The molecule has 2 aromatic rings. The summed E-state index contributed by atoms with van der Waals surface area (Å²) in [6.45, 7) is -3.01. The van der Waals surface area contributed by atoms with Crippen molar-refractivity contribution < 1.29 is 27.8 Å². The maximum Gasteiger partial charge on any atom is 0.387 e. The third-order valence-corrected chi connectivity index (χ3v) is 5.12. The molecular weight excluding hydrogens is 408 g/mol. The Labute approximate surface area is 169 Å². The highest BCUT2D eigenvalue weighted by molar-refractivity contribution is 8.27. The zero-order chi connectivity index (χ0) is 20.3. The van der Waals surface area contributed by atoms with Gasteiger partial charge in [0.15, 0.2) is 15.8 Å². The minimum Gasteiger partial charge on any atom is -0.493 e. The van der Waals surface area contributed by atoms with Crippen molar-refractivity contribution >= 4 is 46.0 Å². The maximum absolute atomic E-state index is 12.9. The van der Waals surface area contributed by atoms with Crippen LogP contribution in [0.4, 0.5) is 14.5 Å². The molecule has 0 saturated carbocycles. The van der Waals surface area contributed by atoms with E-state index in [4.69, 9.17) is 21.7 Å². The summed E-state index contributed by atoms with van der Waals surface area (Å²) in [5, 5.41) is 0. The first kappa shape index (κ1) is 20.1. The topological polar surface area (TPSA) is 48.0 Å². The summed E-state index contributed by atoms with van der Waals surface area (Å²) in [5.41, 5.74) is 0.872. The van der Waals surface area contributed by atoms with E-state index in [9.17, 15) is 13.6 Å². The third kappa shape index (κ3) is 4.10. The monoisotopic (exact) mass is 423 g/mol. The number of hydrogen-bond acceptors (Lipinski definition) is 6. The Bertz CT molecular complexity index is 949. The Morgan fingerprint density at radius 1 is 1.07 bits per heavy atom. The summed E-state index contributed by atoms with van der Waals surface area (Å²) in [5.74, 6) is 0.531. The van der Waals surface area contributed by atoms with E-state index in [-0.39, 0.29) is 15.8 Å².